The smallest absolute Gasteiger partial charge is 0.408 e. The van der Waals surface area contributed by atoms with Gasteiger partial charge in [-0.05, 0) is 26.3 Å². The number of alkyl carbamates (subject to hydrolysis) is 1. The normalized spacial score (nSPS) is 18.8. The molecule has 2 N–H and O–H groups in total. The van der Waals surface area contributed by atoms with Gasteiger partial charge in [-0.25, -0.2) is 18.2 Å². The van der Waals surface area contributed by atoms with Crippen LogP contribution >= 0.6 is 0 Å². The van der Waals surface area contributed by atoms with E-state index in [4.69, 9.17) is 14.2 Å². The maximum Gasteiger partial charge on any atom is 0.408 e. The number of amides is 2. The van der Waals surface area contributed by atoms with Gasteiger partial charge in [0.1, 0.15) is 36.8 Å². The molecule has 2 heterocycles. The van der Waals surface area contributed by atoms with Gasteiger partial charge in [0.2, 0.25) is 0 Å². The standard InChI is InChI=1S/C23H26FN3O7S/c1-23(2,3)34-22(29)25-15-9-16-17(33-13-15)10-18(32-12-14-7-5-4-6-8-14)21(20(16)24)27-11-19(28)26-35(27,30)31/h4-8,10,15H,9,11-13H2,1-3H3,(H,25,29)(H,26,28)/t15-/m0/s1. The number of rotatable bonds is 5. The topological polar surface area (TPSA) is 123 Å². The Labute approximate surface area is 202 Å². The summed E-state index contributed by atoms with van der Waals surface area (Å²) < 4.78 is 60.2. The predicted molar refractivity (Wildman–Crippen MR) is 124 cm³/mol. The molecule has 0 spiro atoms. The van der Waals surface area contributed by atoms with E-state index in [1.54, 1.807) is 32.9 Å². The van der Waals surface area contributed by atoms with Crippen LogP contribution < -0.4 is 23.8 Å². The second kappa shape index (κ2) is 9.25. The number of hydrogen-bond donors (Lipinski definition) is 2. The number of ether oxygens (including phenoxy) is 3. The van der Waals surface area contributed by atoms with E-state index < -0.39 is 51.9 Å². The molecule has 1 atom stereocenters. The van der Waals surface area contributed by atoms with Crippen molar-refractivity contribution < 1.29 is 36.6 Å². The summed E-state index contributed by atoms with van der Waals surface area (Å²) in [4.78, 5) is 24.0. The molecule has 1 saturated heterocycles. The van der Waals surface area contributed by atoms with Gasteiger partial charge in [-0.1, -0.05) is 30.3 Å². The number of anilines is 1. The number of nitrogens with one attached hydrogen (secondary N) is 2. The van der Waals surface area contributed by atoms with Gasteiger partial charge in [-0.15, -0.1) is 0 Å². The predicted octanol–water partition coefficient (Wildman–Crippen LogP) is 2.41. The molecule has 35 heavy (non-hydrogen) atoms. The van der Waals surface area contributed by atoms with Crippen LogP contribution in [0.25, 0.3) is 0 Å². The molecule has 0 aliphatic carbocycles. The van der Waals surface area contributed by atoms with E-state index in [0.717, 1.165) is 5.56 Å². The van der Waals surface area contributed by atoms with Crippen LogP contribution in [0, 0.1) is 5.82 Å². The molecule has 12 heteroatoms. The van der Waals surface area contributed by atoms with E-state index in [9.17, 15) is 18.0 Å². The summed E-state index contributed by atoms with van der Waals surface area (Å²) in [6, 6.07) is 9.83. The van der Waals surface area contributed by atoms with Gasteiger partial charge in [-0.2, -0.15) is 8.42 Å². The van der Waals surface area contributed by atoms with Crippen LogP contribution in [0.4, 0.5) is 14.9 Å². The highest BCUT2D eigenvalue weighted by Gasteiger charge is 2.40. The second-order valence-corrected chi connectivity index (χ2v) is 10.8. The fraction of sp³-hybridized carbons (Fsp3) is 0.391. The van der Waals surface area contributed by atoms with E-state index in [1.165, 1.54) is 6.07 Å². The van der Waals surface area contributed by atoms with Crippen molar-refractivity contribution in [3.63, 3.8) is 0 Å². The van der Waals surface area contributed by atoms with Gasteiger partial charge < -0.3 is 19.5 Å². The molecule has 0 aromatic heterocycles. The average Bonchev–Trinajstić information content (AvgIpc) is 3.03. The van der Waals surface area contributed by atoms with Crippen LogP contribution in [0.1, 0.15) is 31.9 Å². The SMILES string of the molecule is CC(C)(C)OC(=O)N[C@@H]1COc2cc(OCc3ccccc3)c(N3CC(=O)NS3(=O)=O)c(F)c2C1. The lowest BCUT2D eigenvalue weighted by Gasteiger charge is -2.30. The zero-order valence-corrected chi connectivity index (χ0v) is 20.3. The molecular weight excluding hydrogens is 481 g/mol. The second-order valence-electron chi connectivity index (χ2n) is 9.18. The summed E-state index contributed by atoms with van der Waals surface area (Å²) in [6.45, 7) is 4.63. The molecule has 2 amide bonds. The van der Waals surface area contributed by atoms with E-state index in [2.05, 4.69) is 5.32 Å². The zero-order valence-electron chi connectivity index (χ0n) is 19.5. The Hall–Kier alpha value is -3.54. The van der Waals surface area contributed by atoms with E-state index in [-0.39, 0.29) is 36.7 Å². The third kappa shape index (κ3) is 5.59. The minimum absolute atomic E-state index is 0.0155. The zero-order chi connectivity index (χ0) is 25.4. The van der Waals surface area contributed by atoms with Crippen LogP contribution in [0.5, 0.6) is 11.5 Å². The highest BCUT2D eigenvalue weighted by atomic mass is 32.2. The van der Waals surface area contributed by atoms with Gasteiger partial charge in [-0.3, -0.25) is 4.79 Å². The van der Waals surface area contributed by atoms with Crippen molar-refractivity contribution in [1.29, 1.82) is 0 Å². The van der Waals surface area contributed by atoms with Gasteiger partial charge in [0.05, 0.1) is 6.04 Å². The first-order valence-electron chi connectivity index (χ1n) is 10.9. The number of hydrogen-bond acceptors (Lipinski definition) is 7. The Kier molecular flexibility index (Phi) is 6.50. The molecule has 2 aromatic rings. The van der Waals surface area contributed by atoms with Crippen LogP contribution in [0.2, 0.25) is 0 Å². The Balaban J connectivity index is 1.67. The van der Waals surface area contributed by atoms with Crippen LogP contribution in [-0.4, -0.2) is 45.2 Å². The van der Waals surface area contributed by atoms with Crippen molar-refractivity contribution in [1.82, 2.24) is 10.0 Å². The number of halogens is 1. The summed E-state index contributed by atoms with van der Waals surface area (Å²) in [6.07, 6.45) is -0.670. The third-order valence-corrected chi connectivity index (χ3v) is 6.56. The van der Waals surface area contributed by atoms with E-state index >= 15 is 4.39 Å². The number of carbonyl (C=O) groups is 2. The van der Waals surface area contributed by atoms with Crippen molar-refractivity contribution in [3.8, 4) is 11.5 Å². The third-order valence-electron chi connectivity index (χ3n) is 5.18. The van der Waals surface area contributed by atoms with Crippen molar-refractivity contribution in [2.45, 2.75) is 45.4 Å². The molecule has 2 aromatic carbocycles. The summed E-state index contributed by atoms with van der Waals surface area (Å²) in [5, 5.41) is 2.63. The summed E-state index contributed by atoms with van der Waals surface area (Å²) in [5.74, 6) is -1.64. The molecule has 0 radical (unpaired) electrons. The molecular formula is C23H26FN3O7S. The average molecular weight is 508 g/mol. The maximum absolute atomic E-state index is 15.9. The lowest BCUT2D eigenvalue weighted by atomic mass is 10.0. The molecule has 2 aliphatic rings. The Morgan fingerprint density at radius 3 is 2.63 bits per heavy atom. The maximum atomic E-state index is 15.9. The minimum atomic E-state index is -4.31. The largest absolute Gasteiger partial charge is 0.491 e. The number of benzene rings is 2. The number of carbonyl (C=O) groups excluding carboxylic acids is 2. The van der Waals surface area contributed by atoms with Crippen LogP contribution in [-0.2, 0) is 32.8 Å². The summed E-state index contributed by atoms with van der Waals surface area (Å²) >= 11 is 0. The lowest BCUT2D eigenvalue weighted by molar-refractivity contribution is -0.117. The molecule has 2 aliphatic heterocycles. The number of fused-ring (bicyclic) bond motifs is 1. The van der Waals surface area contributed by atoms with Crippen LogP contribution in [0.15, 0.2) is 36.4 Å². The Morgan fingerprint density at radius 2 is 2.00 bits per heavy atom. The molecule has 188 valence electrons. The molecule has 0 unspecified atom stereocenters. The fourth-order valence-corrected chi connectivity index (χ4v) is 4.90. The highest BCUT2D eigenvalue weighted by Crippen LogP contribution is 2.43. The first-order valence-corrected chi connectivity index (χ1v) is 12.3. The highest BCUT2D eigenvalue weighted by molar-refractivity contribution is 7.92. The molecule has 0 bridgehead atoms. The van der Waals surface area contributed by atoms with E-state index in [0.29, 0.717) is 4.31 Å². The first kappa shape index (κ1) is 24.6. The molecule has 1 fully saturated rings. The number of nitrogens with zero attached hydrogens (tertiary/aromatic N) is 1. The molecule has 4 rings (SSSR count). The monoisotopic (exact) mass is 507 g/mol. The van der Waals surface area contributed by atoms with Crippen molar-refractivity contribution in [3.05, 3.63) is 53.3 Å². The van der Waals surface area contributed by atoms with Gasteiger partial charge in [0.15, 0.2) is 11.6 Å². The summed E-state index contributed by atoms with van der Waals surface area (Å²) in [7, 11) is -4.31. The van der Waals surface area contributed by atoms with Crippen molar-refractivity contribution >= 4 is 27.9 Å². The van der Waals surface area contributed by atoms with Crippen molar-refractivity contribution in [2.24, 2.45) is 0 Å². The molecule has 0 saturated carbocycles. The minimum Gasteiger partial charge on any atom is -0.491 e. The first-order chi connectivity index (χ1) is 16.4. The van der Waals surface area contributed by atoms with Gasteiger partial charge in [0.25, 0.3) is 5.91 Å². The van der Waals surface area contributed by atoms with Crippen LogP contribution in [0.3, 0.4) is 0 Å². The van der Waals surface area contributed by atoms with Gasteiger partial charge >= 0.3 is 16.3 Å². The Morgan fingerprint density at radius 1 is 1.29 bits per heavy atom. The Bertz CT molecular complexity index is 1250. The van der Waals surface area contributed by atoms with Gasteiger partial charge in [0, 0.05) is 18.1 Å². The quantitative estimate of drug-likeness (QED) is 0.637. The van der Waals surface area contributed by atoms with E-state index in [1.807, 2.05) is 22.9 Å². The summed E-state index contributed by atoms with van der Waals surface area (Å²) in [5.41, 5.74) is -0.295. The lowest BCUT2D eigenvalue weighted by Crippen LogP contribution is -2.45. The van der Waals surface area contributed by atoms with Crippen molar-refractivity contribution in [2.75, 3.05) is 17.5 Å². The molecule has 10 nitrogen and oxygen atoms in total. The fourth-order valence-electron chi connectivity index (χ4n) is 3.74.